The Balaban J connectivity index is 1.38. The van der Waals surface area contributed by atoms with Gasteiger partial charge in [0.2, 0.25) is 0 Å². The molecule has 0 amide bonds. The third kappa shape index (κ3) is 3.66. The van der Waals surface area contributed by atoms with E-state index >= 15 is 0 Å². The van der Waals surface area contributed by atoms with Crippen LogP contribution in [0, 0.1) is 0 Å². The first-order valence-electron chi connectivity index (χ1n) is 15.0. The van der Waals surface area contributed by atoms with Gasteiger partial charge >= 0.3 is 0 Å². The molecule has 0 saturated heterocycles. The zero-order chi connectivity index (χ0) is 29.0. The van der Waals surface area contributed by atoms with Gasteiger partial charge < -0.3 is 9.13 Å². The van der Waals surface area contributed by atoms with Crippen LogP contribution in [0.4, 0.5) is 0 Å². The minimum absolute atomic E-state index is 1.01. The van der Waals surface area contributed by atoms with Crippen molar-refractivity contribution in [2.24, 2.45) is 0 Å². The monoisotopic (exact) mass is 561 g/mol. The predicted octanol–water partition coefficient (Wildman–Crippen LogP) is 10.6. The summed E-state index contributed by atoms with van der Waals surface area (Å²) < 4.78 is 4.80. The molecule has 0 aliphatic rings. The average molecular weight is 562 g/mol. The van der Waals surface area contributed by atoms with Crippen LogP contribution in [-0.2, 0) is 0 Å². The van der Waals surface area contributed by atoms with Gasteiger partial charge in [-0.15, -0.1) is 0 Å². The van der Waals surface area contributed by atoms with Crippen LogP contribution < -0.4 is 0 Å². The van der Waals surface area contributed by atoms with E-state index in [1.54, 1.807) is 0 Å². The van der Waals surface area contributed by atoms with Crippen LogP contribution >= 0.6 is 0 Å². The Bertz CT molecular complexity index is 2470. The zero-order valence-electron chi connectivity index (χ0n) is 23.9. The number of para-hydroxylation sites is 4. The van der Waals surface area contributed by atoms with E-state index in [-0.39, 0.29) is 0 Å². The second kappa shape index (κ2) is 9.82. The number of hydrogen-bond donors (Lipinski definition) is 0. The maximum Gasteiger partial charge on any atom is 0.0969 e. The number of benzene rings is 6. The molecule has 0 spiro atoms. The Morgan fingerprint density at radius 3 is 1.68 bits per heavy atom. The predicted molar refractivity (Wildman–Crippen MR) is 184 cm³/mol. The van der Waals surface area contributed by atoms with Gasteiger partial charge in [0.15, 0.2) is 0 Å². The second-order valence-corrected chi connectivity index (χ2v) is 11.2. The Kier molecular flexibility index (Phi) is 5.50. The summed E-state index contributed by atoms with van der Waals surface area (Å²) in [6.45, 7) is 0. The summed E-state index contributed by atoms with van der Waals surface area (Å²) in [4.78, 5) is 4.96. The van der Waals surface area contributed by atoms with Crippen molar-refractivity contribution < 1.29 is 0 Å². The first-order valence-corrected chi connectivity index (χ1v) is 15.0. The molecule has 0 bridgehead atoms. The summed E-state index contributed by atoms with van der Waals surface area (Å²) in [5.74, 6) is 0. The Labute approximate surface area is 254 Å². The molecule has 9 rings (SSSR count). The van der Waals surface area contributed by atoms with Crippen molar-refractivity contribution in [3.05, 3.63) is 164 Å². The molecule has 0 fully saturated rings. The van der Waals surface area contributed by atoms with E-state index in [0.717, 1.165) is 38.9 Å². The third-order valence-electron chi connectivity index (χ3n) is 8.78. The van der Waals surface area contributed by atoms with E-state index < -0.39 is 0 Å². The SMILES string of the molecule is c1ccc(-c2ccc(-n3c4ccccc4c4cccc(-c5ccnc6c7ccccc7n(-c7ccccc7)c56)c43)cc2)cc1. The van der Waals surface area contributed by atoms with Crippen molar-refractivity contribution in [3.8, 4) is 33.6 Å². The van der Waals surface area contributed by atoms with E-state index in [1.165, 1.54) is 38.5 Å². The summed E-state index contributed by atoms with van der Waals surface area (Å²) in [7, 11) is 0. The zero-order valence-corrected chi connectivity index (χ0v) is 23.9. The van der Waals surface area contributed by atoms with E-state index in [2.05, 4.69) is 167 Å². The van der Waals surface area contributed by atoms with Crippen LogP contribution in [0.15, 0.2) is 164 Å². The molecule has 206 valence electrons. The summed E-state index contributed by atoms with van der Waals surface area (Å²) in [6.07, 6.45) is 1.96. The summed E-state index contributed by atoms with van der Waals surface area (Å²) in [5, 5.41) is 3.63. The van der Waals surface area contributed by atoms with E-state index in [4.69, 9.17) is 4.98 Å². The molecule has 3 nitrogen and oxygen atoms in total. The highest BCUT2D eigenvalue weighted by Gasteiger charge is 2.21. The van der Waals surface area contributed by atoms with E-state index in [1.807, 2.05) is 6.20 Å². The number of nitrogens with zero attached hydrogens (tertiary/aromatic N) is 3. The largest absolute Gasteiger partial charge is 0.309 e. The quantitative estimate of drug-likeness (QED) is 0.210. The molecule has 0 unspecified atom stereocenters. The Morgan fingerprint density at radius 2 is 0.909 bits per heavy atom. The van der Waals surface area contributed by atoms with Crippen molar-refractivity contribution in [1.29, 1.82) is 0 Å². The topological polar surface area (TPSA) is 22.8 Å². The van der Waals surface area contributed by atoms with Gasteiger partial charge in [-0.25, -0.2) is 0 Å². The fraction of sp³-hybridized carbons (Fsp3) is 0. The van der Waals surface area contributed by atoms with Crippen LogP contribution in [0.3, 0.4) is 0 Å². The van der Waals surface area contributed by atoms with Gasteiger partial charge in [-0.2, -0.15) is 0 Å². The number of fused-ring (bicyclic) bond motifs is 6. The Morgan fingerprint density at radius 1 is 0.364 bits per heavy atom. The van der Waals surface area contributed by atoms with Gasteiger partial charge in [0, 0.05) is 44.9 Å². The molecule has 3 heteroatoms. The Hall–Kier alpha value is -5.93. The highest BCUT2D eigenvalue weighted by molar-refractivity contribution is 6.18. The lowest BCUT2D eigenvalue weighted by atomic mass is 10.0. The van der Waals surface area contributed by atoms with Crippen molar-refractivity contribution >= 4 is 43.7 Å². The average Bonchev–Trinajstić information content (AvgIpc) is 3.63. The van der Waals surface area contributed by atoms with Gasteiger partial charge in [0.1, 0.15) is 0 Å². The molecule has 0 aliphatic heterocycles. The molecule has 6 aromatic carbocycles. The second-order valence-electron chi connectivity index (χ2n) is 11.2. The van der Waals surface area contributed by atoms with E-state index in [9.17, 15) is 0 Å². The molecule has 0 radical (unpaired) electrons. The lowest BCUT2D eigenvalue weighted by Crippen LogP contribution is -1.98. The van der Waals surface area contributed by atoms with Crippen LogP contribution in [0.25, 0.3) is 77.4 Å². The van der Waals surface area contributed by atoms with Crippen molar-refractivity contribution in [2.45, 2.75) is 0 Å². The molecule has 0 saturated carbocycles. The number of hydrogen-bond acceptors (Lipinski definition) is 1. The highest BCUT2D eigenvalue weighted by Crippen LogP contribution is 2.42. The molecule has 3 aromatic heterocycles. The van der Waals surface area contributed by atoms with Crippen LogP contribution in [0.5, 0.6) is 0 Å². The molecular formula is C41H27N3. The summed E-state index contributed by atoms with van der Waals surface area (Å²) in [5.41, 5.74) is 12.7. The van der Waals surface area contributed by atoms with Crippen molar-refractivity contribution in [1.82, 2.24) is 14.1 Å². The first kappa shape index (κ1) is 24.6. The lowest BCUT2D eigenvalue weighted by molar-refractivity contribution is 1.17. The van der Waals surface area contributed by atoms with Crippen molar-refractivity contribution in [2.75, 3.05) is 0 Å². The van der Waals surface area contributed by atoms with Gasteiger partial charge in [-0.3, -0.25) is 4.98 Å². The van der Waals surface area contributed by atoms with E-state index in [0.29, 0.717) is 0 Å². The van der Waals surface area contributed by atoms with Gasteiger partial charge in [0.25, 0.3) is 0 Å². The molecule has 44 heavy (non-hydrogen) atoms. The lowest BCUT2D eigenvalue weighted by Gasteiger charge is -2.15. The molecule has 9 aromatic rings. The van der Waals surface area contributed by atoms with Crippen molar-refractivity contribution in [3.63, 3.8) is 0 Å². The van der Waals surface area contributed by atoms with Crippen LogP contribution in [0.1, 0.15) is 0 Å². The summed E-state index contributed by atoms with van der Waals surface area (Å²) in [6, 6.07) is 56.3. The van der Waals surface area contributed by atoms with Gasteiger partial charge in [0.05, 0.1) is 27.6 Å². The fourth-order valence-electron chi connectivity index (χ4n) is 6.87. The normalized spacial score (nSPS) is 11.6. The van der Waals surface area contributed by atoms with Gasteiger partial charge in [-0.1, -0.05) is 115 Å². The maximum atomic E-state index is 4.96. The number of pyridine rings is 1. The molecule has 0 atom stereocenters. The molecule has 3 heterocycles. The number of aromatic nitrogens is 3. The molecular weight excluding hydrogens is 534 g/mol. The van der Waals surface area contributed by atoms with Gasteiger partial charge in [-0.05, 0) is 53.6 Å². The molecule has 0 aliphatic carbocycles. The van der Waals surface area contributed by atoms with Crippen LogP contribution in [-0.4, -0.2) is 14.1 Å². The first-order chi connectivity index (χ1) is 21.9. The summed E-state index contributed by atoms with van der Waals surface area (Å²) >= 11 is 0. The smallest absolute Gasteiger partial charge is 0.0969 e. The standard InChI is InChI=1S/C41H27N3/c1-3-12-28(13-4-1)29-22-24-31(25-23-29)43-37-20-9-7-16-32(37)33-18-11-19-34(40(33)43)35-26-27-42-39-36-17-8-10-21-38(36)44(41(35)39)30-14-5-2-6-15-30/h1-27H. The fourth-order valence-corrected chi connectivity index (χ4v) is 6.87. The third-order valence-corrected chi connectivity index (χ3v) is 8.78. The van der Waals surface area contributed by atoms with Crippen LogP contribution in [0.2, 0.25) is 0 Å². The number of rotatable bonds is 4. The maximum absolute atomic E-state index is 4.96. The molecule has 0 N–H and O–H groups in total. The minimum Gasteiger partial charge on any atom is -0.309 e. The minimum atomic E-state index is 1.01. The highest BCUT2D eigenvalue weighted by atomic mass is 15.0.